The van der Waals surface area contributed by atoms with Crippen LogP contribution in [0.4, 0.5) is 5.69 Å². The van der Waals surface area contributed by atoms with Crippen molar-refractivity contribution in [1.82, 2.24) is 10.2 Å². The largest absolute Gasteiger partial charge is 0.494 e. The lowest BCUT2D eigenvalue weighted by atomic mass is 10.1. The lowest BCUT2D eigenvalue weighted by Crippen LogP contribution is -2.15. The number of anilines is 1. The topological polar surface area (TPSA) is 86.5 Å². The summed E-state index contributed by atoms with van der Waals surface area (Å²) in [5, 5.41) is 11.3. The molecule has 1 heterocycles. The summed E-state index contributed by atoms with van der Waals surface area (Å²) in [6, 6.07) is 13.1. The Bertz CT molecular complexity index is 974. The van der Waals surface area contributed by atoms with Gasteiger partial charge in [-0.15, -0.1) is 10.2 Å². The molecule has 0 fully saturated rings. The summed E-state index contributed by atoms with van der Waals surface area (Å²) in [6.45, 7) is 6.82. The van der Waals surface area contributed by atoms with Crippen molar-refractivity contribution in [3.63, 3.8) is 0 Å². The molecule has 0 saturated carbocycles. The monoisotopic (exact) mass is 413 g/mol. The second-order valence-corrected chi connectivity index (χ2v) is 7.03. The molecule has 0 aliphatic carbocycles. The van der Waals surface area contributed by atoms with Crippen LogP contribution in [0.25, 0.3) is 11.5 Å². The van der Waals surface area contributed by atoms with E-state index in [0.717, 1.165) is 11.1 Å². The number of thioether (sulfide) groups is 1. The predicted octanol–water partition coefficient (Wildman–Crippen LogP) is 4.57. The van der Waals surface area contributed by atoms with Crippen LogP contribution in [-0.2, 0) is 4.79 Å². The molecule has 0 aliphatic heterocycles. The van der Waals surface area contributed by atoms with Crippen LogP contribution in [0.1, 0.15) is 19.4 Å². The van der Waals surface area contributed by atoms with Gasteiger partial charge in [-0.2, -0.15) is 0 Å². The zero-order valence-electron chi connectivity index (χ0n) is 16.6. The highest BCUT2D eigenvalue weighted by Crippen LogP contribution is 2.30. The molecule has 0 radical (unpaired) electrons. The molecule has 0 aliphatic rings. The molecule has 1 amide bonds. The molecule has 1 aromatic heterocycles. The molecular weight excluding hydrogens is 390 g/mol. The van der Waals surface area contributed by atoms with Gasteiger partial charge in [0.1, 0.15) is 11.5 Å². The van der Waals surface area contributed by atoms with Crippen LogP contribution >= 0.6 is 11.8 Å². The van der Waals surface area contributed by atoms with E-state index in [2.05, 4.69) is 15.5 Å². The number of hydrogen-bond acceptors (Lipinski definition) is 7. The highest BCUT2D eigenvalue weighted by molar-refractivity contribution is 7.99. The zero-order chi connectivity index (χ0) is 20.6. The minimum atomic E-state index is -0.208. The van der Waals surface area contributed by atoms with Crippen molar-refractivity contribution in [2.75, 3.05) is 24.3 Å². The summed E-state index contributed by atoms with van der Waals surface area (Å²) in [6.07, 6.45) is 0. The van der Waals surface area contributed by atoms with Crippen LogP contribution in [0.2, 0.25) is 0 Å². The van der Waals surface area contributed by atoms with Gasteiger partial charge in [-0.3, -0.25) is 4.79 Å². The van der Waals surface area contributed by atoms with Gasteiger partial charge in [-0.1, -0.05) is 29.5 Å². The lowest BCUT2D eigenvalue weighted by Gasteiger charge is -2.13. The molecule has 1 N–H and O–H groups in total. The average molecular weight is 413 g/mol. The first-order chi connectivity index (χ1) is 14.1. The molecule has 0 saturated heterocycles. The number of aryl methyl sites for hydroxylation is 1. The standard InChI is InChI=1S/C21H23N3O4S/c1-4-26-16-9-10-18(27-5-2)17(12-16)22-19(25)13-29-21-24-23-20(28-21)15-8-6-7-14(3)11-15/h6-12H,4-5,13H2,1-3H3,(H,22,25). The highest BCUT2D eigenvalue weighted by atomic mass is 32.2. The third-order valence-electron chi connectivity index (χ3n) is 3.83. The number of benzene rings is 2. The number of nitrogens with zero attached hydrogens (tertiary/aromatic N) is 2. The van der Waals surface area contributed by atoms with Crippen molar-refractivity contribution < 1.29 is 18.7 Å². The Morgan fingerprint density at radius 1 is 1.10 bits per heavy atom. The molecule has 3 rings (SSSR count). The molecule has 7 nitrogen and oxygen atoms in total. The third-order valence-corrected chi connectivity index (χ3v) is 4.65. The Morgan fingerprint density at radius 3 is 2.69 bits per heavy atom. The van der Waals surface area contributed by atoms with Gasteiger partial charge < -0.3 is 19.2 Å². The summed E-state index contributed by atoms with van der Waals surface area (Å²) < 4.78 is 16.7. The van der Waals surface area contributed by atoms with E-state index in [1.807, 2.05) is 51.1 Å². The van der Waals surface area contributed by atoms with E-state index in [1.165, 1.54) is 11.8 Å². The van der Waals surface area contributed by atoms with Crippen LogP contribution in [-0.4, -0.2) is 35.1 Å². The van der Waals surface area contributed by atoms with Crippen molar-refractivity contribution in [3.8, 4) is 23.0 Å². The molecule has 0 spiro atoms. The maximum atomic E-state index is 12.4. The molecule has 3 aromatic rings. The van der Waals surface area contributed by atoms with Crippen LogP contribution in [0.15, 0.2) is 52.1 Å². The van der Waals surface area contributed by atoms with Crippen molar-refractivity contribution in [2.24, 2.45) is 0 Å². The smallest absolute Gasteiger partial charge is 0.277 e. The van der Waals surface area contributed by atoms with E-state index in [-0.39, 0.29) is 11.7 Å². The quantitative estimate of drug-likeness (QED) is 0.514. The maximum absolute atomic E-state index is 12.4. The number of aromatic nitrogens is 2. The van der Waals surface area contributed by atoms with Crippen LogP contribution < -0.4 is 14.8 Å². The van der Waals surface area contributed by atoms with E-state index >= 15 is 0 Å². The fourth-order valence-corrected chi connectivity index (χ4v) is 3.18. The van der Waals surface area contributed by atoms with E-state index < -0.39 is 0 Å². The second-order valence-electron chi connectivity index (χ2n) is 6.10. The van der Waals surface area contributed by atoms with Gasteiger partial charge in [0.15, 0.2) is 0 Å². The summed E-state index contributed by atoms with van der Waals surface area (Å²) in [5.74, 6) is 1.60. The third kappa shape index (κ3) is 5.74. The number of carbonyl (C=O) groups excluding carboxylic acids is 1. The molecule has 2 aromatic carbocycles. The Labute approximate surface area is 173 Å². The van der Waals surface area contributed by atoms with Gasteiger partial charge >= 0.3 is 0 Å². The van der Waals surface area contributed by atoms with Crippen molar-refractivity contribution in [3.05, 3.63) is 48.0 Å². The van der Waals surface area contributed by atoms with Crippen LogP contribution in [0.3, 0.4) is 0 Å². The van der Waals surface area contributed by atoms with Gasteiger partial charge in [0.2, 0.25) is 11.8 Å². The lowest BCUT2D eigenvalue weighted by molar-refractivity contribution is -0.113. The second kappa shape index (κ2) is 9.97. The number of rotatable bonds is 9. The van der Waals surface area contributed by atoms with Crippen molar-refractivity contribution >= 4 is 23.4 Å². The van der Waals surface area contributed by atoms with E-state index in [9.17, 15) is 4.79 Å². The molecule has 0 atom stereocenters. The van der Waals surface area contributed by atoms with Gasteiger partial charge in [0, 0.05) is 11.6 Å². The fraction of sp³-hybridized carbons (Fsp3) is 0.286. The summed E-state index contributed by atoms with van der Waals surface area (Å²) >= 11 is 1.18. The van der Waals surface area contributed by atoms with E-state index in [4.69, 9.17) is 13.9 Å². The first-order valence-corrected chi connectivity index (χ1v) is 10.3. The van der Waals surface area contributed by atoms with Gasteiger partial charge in [-0.05, 0) is 45.0 Å². The molecular formula is C21H23N3O4S. The Balaban J connectivity index is 1.62. The zero-order valence-corrected chi connectivity index (χ0v) is 17.4. The molecule has 152 valence electrons. The number of hydrogen-bond donors (Lipinski definition) is 1. The minimum Gasteiger partial charge on any atom is -0.494 e. The fourth-order valence-electron chi connectivity index (χ4n) is 2.62. The Morgan fingerprint density at radius 2 is 1.93 bits per heavy atom. The van der Waals surface area contributed by atoms with Gasteiger partial charge in [0.05, 0.1) is 24.7 Å². The predicted molar refractivity (Wildman–Crippen MR) is 113 cm³/mol. The van der Waals surface area contributed by atoms with Crippen LogP contribution in [0, 0.1) is 6.92 Å². The van der Waals surface area contributed by atoms with E-state index in [1.54, 1.807) is 12.1 Å². The number of nitrogens with one attached hydrogen (secondary N) is 1. The summed E-state index contributed by atoms with van der Waals surface area (Å²) in [7, 11) is 0. The van der Waals surface area contributed by atoms with Crippen molar-refractivity contribution in [1.29, 1.82) is 0 Å². The molecule has 0 bridgehead atoms. The Hall–Kier alpha value is -3.00. The number of ether oxygens (including phenoxy) is 2. The van der Waals surface area contributed by atoms with Gasteiger partial charge in [-0.25, -0.2) is 0 Å². The highest BCUT2D eigenvalue weighted by Gasteiger charge is 2.14. The van der Waals surface area contributed by atoms with Gasteiger partial charge in [0.25, 0.3) is 5.22 Å². The molecule has 8 heteroatoms. The average Bonchev–Trinajstić information content (AvgIpc) is 3.18. The maximum Gasteiger partial charge on any atom is 0.277 e. The van der Waals surface area contributed by atoms with Crippen LogP contribution in [0.5, 0.6) is 11.5 Å². The molecule has 29 heavy (non-hydrogen) atoms. The summed E-state index contributed by atoms with van der Waals surface area (Å²) in [5.41, 5.74) is 2.52. The number of amides is 1. The minimum absolute atomic E-state index is 0.125. The van der Waals surface area contributed by atoms with Crippen molar-refractivity contribution in [2.45, 2.75) is 26.0 Å². The SMILES string of the molecule is CCOc1ccc(OCC)c(NC(=O)CSc2nnc(-c3cccc(C)c3)o2)c1. The summed E-state index contributed by atoms with van der Waals surface area (Å²) in [4.78, 5) is 12.4. The molecule has 0 unspecified atom stereocenters. The normalized spacial score (nSPS) is 10.6. The van der Waals surface area contributed by atoms with E-state index in [0.29, 0.717) is 41.5 Å². The first-order valence-electron chi connectivity index (χ1n) is 9.32. The Kier molecular flexibility index (Phi) is 7.13. The number of carbonyl (C=O) groups is 1. The first kappa shape index (κ1) is 20.7.